The number of aromatic nitrogens is 2. The molecular formula is C21H14Cl2N4O. The number of nitrogens with zero attached hydrogens (tertiary/aromatic N) is 2. The van der Waals surface area contributed by atoms with Crippen molar-refractivity contribution in [2.75, 3.05) is 0 Å². The molecule has 0 radical (unpaired) electrons. The number of nitrogens with one attached hydrogen (secondary N) is 2. The molecule has 0 aliphatic carbocycles. The number of H-pyrrole nitrogens is 1. The Labute approximate surface area is 171 Å². The molecule has 1 amide bonds. The molecule has 2 N–H and O–H groups in total. The summed E-state index contributed by atoms with van der Waals surface area (Å²) in [6.07, 6.45) is 1.42. The number of aromatic amines is 1. The van der Waals surface area contributed by atoms with E-state index in [1.807, 2.05) is 30.3 Å². The zero-order valence-corrected chi connectivity index (χ0v) is 16.0. The molecule has 0 aliphatic heterocycles. The van der Waals surface area contributed by atoms with Crippen molar-refractivity contribution in [3.05, 3.63) is 87.9 Å². The minimum absolute atomic E-state index is 0.350. The van der Waals surface area contributed by atoms with Crippen LogP contribution in [-0.4, -0.2) is 22.1 Å². The number of imidazole rings is 1. The van der Waals surface area contributed by atoms with Crippen molar-refractivity contribution in [2.24, 2.45) is 5.10 Å². The van der Waals surface area contributed by atoms with Crippen LogP contribution < -0.4 is 5.43 Å². The zero-order chi connectivity index (χ0) is 19.5. The van der Waals surface area contributed by atoms with Gasteiger partial charge in [-0.2, -0.15) is 5.10 Å². The predicted octanol–water partition coefficient (Wildman–Crippen LogP) is 5.30. The number of carbonyl (C=O) groups excluding carboxylic acids is 1. The highest BCUT2D eigenvalue weighted by atomic mass is 35.5. The molecular weight excluding hydrogens is 395 g/mol. The molecule has 0 aliphatic rings. The maximum Gasteiger partial charge on any atom is 0.271 e. The Bertz CT molecular complexity index is 1170. The number of amides is 1. The largest absolute Gasteiger partial charge is 0.338 e. The van der Waals surface area contributed by atoms with Crippen molar-refractivity contribution < 1.29 is 4.79 Å². The standard InChI is InChI=1S/C21H14Cl2N4O/c22-16-7-4-8-17(23)15(16)12-24-27-21(28)14-9-10-18-19(11-14)26-20(25-18)13-5-2-1-3-6-13/h1-12H,(H,25,26)(H,27,28)/b24-12+. The van der Waals surface area contributed by atoms with Crippen LogP contribution in [0.1, 0.15) is 15.9 Å². The summed E-state index contributed by atoms with van der Waals surface area (Å²) in [7, 11) is 0. The van der Waals surface area contributed by atoms with Crippen LogP contribution in [0.2, 0.25) is 10.0 Å². The lowest BCUT2D eigenvalue weighted by Crippen LogP contribution is -2.17. The van der Waals surface area contributed by atoms with Gasteiger partial charge in [0.2, 0.25) is 0 Å². The average molecular weight is 409 g/mol. The molecule has 1 heterocycles. The van der Waals surface area contributed by atoms with E-state index >= 15 is 0 Å². The SMILES string of the molecule is O=C(N/N=C/c1c(Cl)cccc1Cl)c1ccc2nc(-c3ccccc3)[nH]c2c1. The molecule has 0 saturated heterocycles. The van der Waals surface area contributed by atoms with Crippen molar-refractivity contribution >= 4 is 46.4 Å². The minimum Gasteiger partial charge on any atom is -0.338 e. The van der Waals surface area contributed by atoms with Gasteiger partial charge in [-0.3, -0.25) is 4.79 Å². The quantitative estimate of drug-likeness (QED) is 0.355. The predicted molar refractivity (Wildman–Crippen MR) is 113 cm³/mol. The summed E-state index contributed by atoms with van der Waals surface area (Å²) >= 11 is 12.2. The van der Waals surface area contributed by atoms with Crippen LogP contribution in [0.15, 0.2) is 71.8 Å². The van der Waals surface area contributed by atoms with E-state index in [0.29, 0.717) is 21.2 Å². The molecule has 0 unspecified atom stereocenters. The summed E-state index contributed by atoms with van der Waals surface area (Å²) < 4.78 is 0. The third-order valence-electron chi connectivity index (χ3n) is 4.15. The highest BCUT2D eigenvalue weighted by Crippen LogP contribution is 2.22. The van der Waals surface area contributed by atoms with Gasteiger partial charge in [-0.25, -0.2) is 10.4 Å². The maximum atomic E-state index is 12.4. The summed E-state index contributed by atoms with van der Waals surface area (Å²) in [5.41, 5.74) is 6.01. The number of hydrogen-bond acceptors (Lipinski definition) is 3. The smallest absolute Gasteiger partial charge is 0.271 e. The van der Waals surface area contributed by atoms with E-state index in [1.165, 1.54) is 6.21 Å². The first kappa shape index (κ1) is 18.2. The molecule has 0 spiro atoms. The molecule has 0 saturated carbocycles. The van der Waals surface area contributed by atoms with Crippen molar-refractivity contribution in [1.29, 1.82) is 0 Å². The van der Waals surface area contributed by atoms with Crippen LogP contribution in [0.5, 0.6) is 0 Å². The summed E-state index contributed by atoms with van der Waals surface area (Å²) in [5, 5.41) is 4.87. The van der Waals surface area contributed by atoms with Crippen molar-refractivity contribution in [2.45, 2.75) is 0 Å². The Kier molecular flexibility index (Phi) is 5.10. The Hall–Kier alpha value is -3.15. The van der Waals surface area contributed by atoms with Crippen LogP contribution in [0.25, 0.3) is 22.4 Å². The highest BCUT2D eigenvalue weighted by molar-refractivity contribution is 6.38. The molecule has 0 fully saturated rings. The molecule has 4 aromatic rings. The van der Waals surface area contributed by atoms with E-state index in [-0.39, 0.29) is 5.91 Å². The first-order valence-corrected chi connectivity index (χ1v) is 9.20. The average Bonchev–Trinajstić information content (AvgIpc) is 3.14. The minimum atomic E-state index is -0.350. The molecule has 0 bridgehead atoms. The number of halogens is 2. The van der Waals surface area contributed by atoms with Crippen LogP contribution in [0.3, 0.4) is 0 Å². The van der Waals surface area contributed by atoms with Gasteiger partial charge in [-0.1, -0.05) is 59.6 Å². The Morgan fingerprint density at radius 3 is 2.50 bits per heavy atom. The number of benzene rings is 3. The second-order valence-electron chi connectivity index (χ2n) is 6.02. The van der Waals surface area contributed by atoms with E-state index < -0.39 is 0 Å². The molecule has 5 nitrogen and oxygen atoms in total. The molecule has 7 heteroatoms. The number of hydrazone groups is 1. The van der Waals surface area contributed by atoms with Gasteiger partial charge >= 0.3 is 0 Å². The fourth-order valence-electron chi connectivity index (χ4n) is 2.74. The van der Waals surface area contributed by atoms with Crippen LogP contribution in [0.4, 0.5) is 0 Å². The van der Waals surface area contributed by atoms with E-state index in [4.69, 9.17) is 23.2 Å². The normalized spacial score (nSPS) is 11.2. The van der Waals surface area contributed by atoms with Gasteiger partial charge in [0.15, 0.2) is 0 Å². The Morgan fingerprint density at radius 1 is 1.00 bits per heavy atom. The summed E-state index contributed by atoms with van der Waals surface area (Å²) in [5.74, 6) is 0.400. The van der Waals surface area contributed by atoms with Gasteiger partial charge in [-0.15, -0.1) is 0 Å². The molecule has 138 valence electrons. The van der Waals surface area contributed by atoms with Gasteiger partial charge in [-0.05, 0) is 30.3 Å². The van der Waals surface area contributed by atoms with E-state index in [2.05, 4.69) is 20.5 Å². The first-order valence-electron chi connectivity index (χ1n) is 8.44. The van der Waals surface area contributed by atoms with E-state index in [1.54, 1.807) is 36.4 Å². The third-order valence-corrected chi connectivity index (χ3v) is 4.81. The summed E-state index contributed by atoms with van der Waals surface area (Å²) in [6, 6.07) is 20.2. The molecule has 4 rings (SSSR count). The number of fused-ring (bicyclic) bond motifs is 1. The fraction of sp³-hybridized carbons (Fsp3) is 0. The maximum absolute atomic E-state index is 12.4. The zero-order valence-electron chi connectivity index (χ0n) is 14.5. The highest BCUT2D eigenvalue weighted by Gasteiger charge is 2.10. The van der Waals surface area contributed by atoms with Crippen LogP contribution in [-0.2, 0) is 0 Å². The van der Waals surface area contributed by atoms with Crippen LogP contribution in [0, 0.1) is 0 Å². The van der Waals surface area contributed by atoms with Gasteiger partial charge in [0.25, 0.3) is 5.91 Å². The second kappa shape index (κ2) is 7.84. The molecule has 28 heavy (non-hydrogen) atoms. The van der Waals surface area contributed by atoms with Gasteiger partial charge in [0.05, 0.1) is 27.3 Å². The van der Waals surface area contributed by atoms with Gasteiger partial charge in [0, 0.05) is 16.7 Å². The number of carbonyl (C=O) groups is 1. The molecule has 0 atom stereocenters. The van der Waals surface area contributed by atoms with Crippen molar-refractivity contribution in [3.63, 3.8) is 0 Å². The van der Waals surface area contributed by atoms with Gasteiger partial charge < -0.3 is 4.98 Å². The lowest BCUT2D eigenvalue weighted by Gasteiger charge is -2.02. The van der Waals surface area contributed by atoms with Crippen molar-refractivity contribution in [1.82, 2.24) is 15.4 Å². The van der Waals surface area contributed by atoms with E-state index in [0.717, 1.165) is 22.4 Å². The van der Waals surface area contributed by atoms with Gasteiger partial charge in [0.1, 0.15) is 5.82 Å². The number of hydrogen-bond donors (Lipinski definition) is 2. The monoisotopic (exact) mass is 408 g/mol. The van der Waals surface area contributed by atoms with Crippen LogP contribution >= 0.6 is 23.2 Å². The van der Waals surface area contributed by atoms with E-state index in [9.17, 15) is 4.79 Å². The lowest BCUT2D eigenvalue weighted by atomic mass is 10.2. The topological polar surface area (TPSA) is 70.1 Å². The number of rotatable bonds is 4. The lowest BCUT2D eigenvalue weighted by molar-refractivity contribution is 0.0955. The Balaban J connectivity index is 1.54. The van der Waals surface area contributed by atoms with Crippen molar-refractivity contribution in [3.8, 4) is 11.4 Å². The summed E-state index contributed by atoms with van der Waals surface area (Å²) in [6.45, 7) is 0. The molecule has 3 aromatic carbocycles. The third kappa shape index (κ3) is 3.76. The fourth-order valence-corrected chi connectivity index (χ4v) is 3.23. The first-order chi connectivity index (χ1) is 13.6. The Morgan fingerprint density at radius 2 is 1.75 bits per heavy atom. The second-order valence-corrected chi connectivity index (χ2v) is 6.83. The summed E-state index contributed by atoms with van der Waals surface area (Å²) in [4.78, 5) is 20.2. The molecule has 1 aromatic heterocycles.